The zero-order valence-corrected chi connectivity index (χ0v) is 24.2. The smallest absolute Gasteiger partial charge is 0.255 e. The molecule has 12 heteroatoms. The Kier molecular flexibility index (Phi) is 6.89. The Bertz CT molecular complexity index is 1610. The third-order valence-corrected chi connectivity index (χ3v) is 9.15. The number of Topliss-reactive ketones (excluding diaryl/α,β-unsaturated/α-hetero) is 2. The maximum Gasteiger partial charge on any atom is 0.255 e. The summed E-state index contributed by atoms with van der Waals surface area (Å²) in [4.78, 5) is 43.1. The highest BCUT2D eigenvalue weighted by Crippen LogP contribution is 2.54. The number of amides is 1. The summed E-state index contributed by atoms with van der Waals surface area (Å²) < 4.78 is 0. The number of halogens is 2. The number of ketones is 2. The fraction of sp³-hybridized carbons (Fsp3) is 0.345. The number of hydrogen-bond donors (Lipinski definition) is 5. The van der Waals surface area contributed by atoms with E-state index in [1.165, 1.54) is 4.90 Å². The molecule has 0 fully saturated rings. The molecule has 10 nitrogen and oxygen atoms in total. The molecule has 0 heterocycles. The average molecular weight is 602 g/mol. The summed E-state index contributed by atoms with van der Waals surface area (Å²) in [6.45, 7) is 0. The number of aliphatic hydroxyl groups is 3. The van der Waals surface area contributed by atoms with Gasteiger partial charge in [0.1, 0.15) is 22.8 Å². The van der Waals surface area contributed by atoms with Gasteiger partial charge in [-0.15, -0.1) is 0 Å². The molecule has 0 aromatic heterocycles. The van der Waals surface area contributed by atoms with Crippen molar-refractivity contribution in [3.8, 4) is 16.9 Å². The van der Waals surface area contributed by atoms with Crippen molar-refractivity contribution >= 4 is 46.4 Å². The number of fused-ring (bicyclic) bond motifs is 3. The Balaban J connectivity index is 1.76. The molecular weight excluding hydrogens is 573 g/mol. The van der Waals surface area contributed by atoms with Crippen LogP contribution in [0.1, 0.15) is 22.3 Å². The van der Waals surface area contributed by atoms with Crippen LogP contribution in [0.3, 0.4) is 0 Å². The van der Waals surface area contributed by atoms with Gasteiger partial charge in [0.05, 0.1) is 21.7 Å². The van der Waals surface area contributed by atoms with Crippen molar-refractivity contribution in [3.05, 3.63) is 68.1 Å². The van der Waals surface area contributed by atoms with Crippen LogP contribution >= 0.6 is 23.2 Å². The maximum absolute atomic E-state index is 14.2. The van der Waals surface area contributed by atoms with E-state index >= 15 is 0 Å². The molecule has 0 aliphatic heterocycles. The van der Waals surface area contributed by atoms with Gasteiger partial charge in [0, 0.05) is 36.8 Å². The van der Waals surface area contributed by atoms with Crippen molar-refractivity contribution in [2.75, 3.05) is 33.1 Å². The number of primary amides is 1. The Morgan fingerprint density at radius 1 is 1.05 bits per heavy atom. The highest BCUT2D eigenvalue weighted by molar-refractivity contribution is 6.42. The fourth-order valence-corrected chi connectivity index (χ4v) is 6.88. The van der Waals surface area contributed by atoms with Gasteiger partial charge < -0.3 is 31.1 Å². The molecule has 6 N–H and O–H groups in total. The zero-order valence-electron chi connectivity index (χ0n) is 22.7. The van der Waals surface area contributed by atoms with Gasteiger partial charge in [0.2, 0.25) is 5.78 Å². The summed E-state index contributed by atoms with van der Waals surface area (Å²) in [5.74, 6) is -6.98. The summed E-state index contributed by atoms with van der Waals surface area (Å²) >= 11 is 12.3. The Hall–Kier alpha value is -3.57. The Morgan fingerprint density at radius 3 is 2.27 bits per heavy atom. The number of carbonyl (C=O) groups is 3. The molecule has 0 unspecified atom stereocenters. The first-order valence-corrected chi connectivity index (χ1v) is 13.5. The minimum Gasteiger partial charge on any atom is -0.510 e. The quantitative estimate of drug-likeness (QED) is 0.331. The molecule has 0 spiro atoms. The van der Waals surface area contributed by atoms with Crippen LogP contribution in [0, 0.1) is 11.8 Å². The van der Waals surface area contributed by atoms with E-state index in [-0.39, 0.29) is 40.3 Å². The van der Waals surface area contributed by atoms with Gasteiger partial charge in [-0.3, -0.25) is 19.3 Å². The van der Waals surface area contributed by atoms with Crippen molar-refractivity contribution in [3.63, 3.8) is 0 Å². The molecule has 0 radical (unpaired) electrons. The molecule has 2 aromatic rings. The second-order valence-corrected chi connectivity index (χ2v) is 11.9. The van der Waals surface area contributed by atoms with E-state index in [0.717, 1.165) is 0 Å². The lowest BCUT2D eigenvalue weighted by molar-refractivity contribution is -0.148. The summed E-state index contributed by atoms with van der Waals surface area (Å²) in [7, 11) is 6.74. The summed E-state index contributed by atoms with van der Waals surface area (Å²) in [6.07, 6.45) is 0.186. The molecule has 216 valence electrons. The topological polar surface area (TPSA) is 165 Å². The van der Waals surface area contributed by atoms with Gasteiger partial charge in [-0.1, -0.05) is 29.3 Å². The largest absolute Gasteiger partial charge is 0.510 e. The van der Waals surface area contributed by atoms with Crippen LogP contribution in [0.25, 0.3) is 11.1 Å². The number of anilines is 1. The average Bonchev–Trinajstić information content (AvgIpc) is 2.87. The summed E-state index contributed by atoms with van der Waals surface area (Å²) in [5.41, 5.74) is 3.46. The number of hydrogen-bond acceptors (Lipinski definition) is 9. The first kappa shape index (κ1) is 28.9. The van der Waals surface area contributed by atoms with E-state index in [1.54, 1.807) is 57.4 Å². The number of aliphatic hydroxyl groups excluding tert-OH is 2. The van der Waals surface area contributed by atoms with Gasteiger partial charge in [-0.25, -0.2) is 0 Å². The second-order valence-electron chi connectivity index (χ2n) is 11.1. The minimum atomic E-state index is -2.70. The van der Waals surface area contributed by atoms with Gasteiger partial charge in [0.15, 0.2) is 11.4 Å². The number of phenolic OH excluding ortho intramolecular Hbond substituents is 1. The maximum atomic E-state index is 14.2. The number of phenols is 1. The molecule has 0 saturated carbocycles. The molecule has 0 bridgehead atoms. The zero-order chi connectivity index (χ0) is 30.3. The fourth-order valence-electron chi connectivity index (χ4n) is 6.58. The SMILES string of the molecule is CN(C)c1cc(-c2ccc(Cl)c(Cl)c2)c(O)c2c1C[C@@H]1C[C@H]3[C@H](N(C)C)C(O)=C(C(N)=O)C(=O)[C@@]3(O)C(O)=C1C2=O. The van der Waals surface area contributed by atoms with E-state index < -0.39 is 58.0 Å². The number of allylic oxidation sites excluding steroid dienone is 1. The van der Waals surface area contributed by atoms with Gasteiger partial charge in [0.25, 0.3) is 5.91 Å². The highest BCUT2D eigenvalue weighted by atomic mass is 35.5. The molecular formula is C29H29Cl2N3O7. The van der Waals surface area contributed by atoms with Crippen LogP contribution in [0.4, 0.5) is 5.69 Å². The van der Waals surface area contributed by atoms with E-state index in [4.69, 9.17) is 28.9 Å². The molecule has 3 aliphatic rings. The number of likely N-dealkylation sites (N-methyl/N-ethyl adjacent to an activating group) is 1. The lowest BCUT2D eigenvalue weighted by Gasteiger charge is -2.50. The Labute approximate surface area is 245 Å². The molecule has 0 saturated heterocycles. The van der Waals surface area contributed by atoms with Crippen molar-refractivity contribution < 1.29 is 34.8 Å². The third-order valence-electron chi connectivity index (χ3n) is 8.41. The van der Waals surface area contributed by atoms with E-state index in [9.17, 15) is 34.8 Å². The predicted octanol–water partition coefficient (Wildman–Crippen LogP) is 3.16. The molecule has 1 amide bonds. The van der Waals surface area contributed by atoms with Crippen LogP contribution in [-0.2, 0) is 16.0 Å². The van der Waals surface area contributed by atoms with Gasteiger partial charge in [-0.2, -0.15) is 0 Å². The van der Waals surface area contributed by atoms with Crippen LogP contribution in [0.15, 0.2) is 46.9 Å². The van der Waals surface area contributed by atoms with Crippen molar-refractivity contribution in [2.24, 2.45) is 17.6 Å². The number of rotatable bonds is 4. The lowest BCUT2D eigenvalue weighted by Crippen LogP contribution is -2.63. The van der Waals surface area contributed by atoms with Crippen molar-refractivity contribution in [1.29, 1.82) is 0 Å². The first-order valence-electron chi connectivity index (χ1n) is 12.8. The highest BCUT2D eigenvalue weighted by Gasteiger charge is 2.63. The number of benzene rings is 2. The van der Waals surface area contributed by atoms with Gasteiger partial charge >= 0.3 is 0 Å². The van der Waals surface area contributed by atoms with E-state index in [0.29, 0.717) is 21.8 Å². The van der Waals surface area contributed by atoms with Crippen molar-refractivity contribution in [2.45, 2.75) is 24.5 Å². The van der Waals surface area contributed by atoms with E-state index in [2.05, 4.69) is 0 Å². The molecule has 4 atom stereocenters. The molecule has 41 heavy (non-hydrogen) atoms. The summed E-state index contributed by atoms with van der Waals surface area (Å²) in [6, 6.07) is 5.43. The number of aromatic hydroxyl groups is 1. The van der Waals surface area contributed by atoms with E-state index in [1.807, 2.05) is 0 Å². The molecule has 3 aliphatic carbocycles. The first-order chi connectivity index (χ1) is 19.1. The Morgan fingerprint density at radius 2 is 1.71 bits per heavy atom. The van der Waals surface area contributed by atoms with Crippen molar-refractivity contribution in [1.82, 2.24) is 4.90 Å². The number of nitrogens with zero attached hydrogens (tertiary/aromatic N) is 2. The standard InChI is InChI=1S/C29H29Cl2N3O7/c1-33(2)18-10-13(11-5-6-16(30)17(31)9-11)23(35)20-14(18)7-12-8-15-22(34(3)4)25(37)21(28(32)40)27(39)29(15,41)26(38)19(12)24(20)36/h5-6,9-10,12,15,22,35,37-38,41H,7-8H2,1-4H3,(H2,32,40)/t12-,15+,22+,29+/m1/s1. The second kappa shape index (κ2) is 9.77. The number of nitrogens with two attached hydrogens (primary N) is 1. The van der Waals surface area contributed by atoms with Crippen LogP contribution < -0.4 is 10.6 Å². The minimum absolute atomic E-state index is 0.00787. The molecule has 2 aromatic carbocycles. The van der Waals surface area contributed by atoms with Crippen LogP contribution in [-0.4, -0.2) is 82.6 Å². The normalized spacial score (nSPS) is 25.7. The monoisotopic (exact) mass is 601 g/mol. The van der Waals surface area contributed by atoms with Gasteiger partial charge in [-0.05, 0) is 62.2 Å². The summed E-state index contributed by atoms with van der Waals surface area (Å²) in [5, 5.41) is 46.2. The van der Waals surface area contributed by atoms with Crippen LogP contribution in [0.5, 0.6) is 5.75 Å². The third kappa shape index (κ3) is 4.04. The predicted molar refractivity (Wildman–Crippen MR) is 153 cm³/mol. The lowest BCUT2D eigenvalue weighted by atomic mass is 9.58. The van der Waals surface area contributed by atoms with Crippen LogP contribution in [0.2, 0.25) is 10.0 Å². The molecule has 5 rings (SSSR count). The number of carbonyl (C=O) groups excluding carboxylic acids is 3.